The van der Waals surface area contributed by atoms with Crippen molar-refractivity contribution >= 4 is 17.4 Å². The minimum Gasteiger partial charge on any atom is -0.299 e. The minimum atomic E-state index is -0.335. The molecule has 0 saturated carbocycles. The molecule has 0 N–H and O–H groups in total. The first kappa shape index (κ1) is 12.2. The van der Waals surface area contributed by atoms with Gasteiger partial charge in [-0.05, 0) is 18.6 Å². The van der Waals surface area contributed by atoms with Crippen molar-refractivity contribution in [2.24, 2.45) is 5.92 Å². The average molecular weight is 229 g/mol. The smallest absolute Gasteiger partial charge is 0.135 e. The molecule has 1 aromatic rings. The molecule has 1 atom stereocenters. The predicted molar refractivity (Wildman–Crippen MR) is 59.6 cm³/mol. The molecule has 0 amide bonds. The van der Waals surface area contributed by atoms with Gasteiger partial charge in [0.25, 0.3) is 0 Å². The number of halogens is 2. The van der Waals surface area contributed by atoms with E-state index in [1.165, 1.54) is 6.07 Å². The highest BCUT2D eigenvalue weighted by molar-refractivity contribution is 6.31. The third-order valence-electron chi connectivity index (χ3n) is 2.47. The van der Waals surface area contributed by atoms with Crippen LogP contribution in [0.5, 0.6) is 0 Å². The summed E-state index contributed by atoms with van der Waals surface area (Å²) in [5.41, 5.74) is 0.438. The summed E-state index contributed by atoms with van der Waals surface area (Å²) < 4.78 is 13.4. The van der Waals surface area contributed by atoms with Crippen LogP contribution < -0.4 is 0 Å². The number of hydrogen-bond acceptors (Lipinski definition) is 1. The van der Waals surface area contributed by atoms with Gasteiger partial charge in [0.1, 0.15) is 11.6 Å². The Morgan fingerprint density at radius 1 is 1.53 bits per heavy atom. The Hall–Kier alpha value is -0.890. The van der Waals surface area contributed by atoms with Crippen LogP contribution in [-0.2, 0) is 11.2 Å². The Kier molecular flexibility index (Phi) is 4.28. The Morgan fingerprint density at radius 2 is 2.20 bits per heavy atom. The second-order valence-corrected chi connectivity index (χ2v) is 4.03. The van der Waals surface area contributed by atoms with Gasteiger partial charge in [-0.15, -0.1) is 0 Å². The van der Waals surface area contributed by atoms with E-state index in [9.17, 15) is 9.18 Å². The summed E-state index contributed by atoms with van der Waals surface area (Å²) in [6, 6.07) is 4.57. The van der Waals surface area contributed by atoms with E-state index < -0.39 is 0 Å². The Bertz CT molecular complexity index is 342. The molecular formula is C12H14ClFO. The third kappa shape index (κ3) is 3.03. The van der Waals surface area contributed by atoms with Gasteiger partial charge in [0.2, 0.25) is 0 Å². The fraction of sp³-hybridized carbons (Fsp3) is 0.417. The van der Waals surface area contributed by atoms with Crippen molar-refractivity contribution in [3.63, 3.8) is 0 Å². The lowest BCUT2D eigenvalue weighted by Crippen LogP contribution is -2.13. The normalized spacial score (nSPS) is 12.5. The topological polar surface area (TPSA) is 17.1 Å². The summed E-state index contributed by atoms with van der Waals surface area (Å²) in [5.74, 6) is -0.378. The van der Waals surface area contributed by atoms with Crippen LogP contribution in [0.4, 0.5) is 4.39 Å². The number of Topliss-reactive ketones (excluding diaryl/α,β-unsaturated/α-hetero) is 1. The van der Waals surface area contributed by atoms with Crippen molar-refractivity contribution in [1.82, 2.24) is 0 Å². The summed E-state index contributed by atoms with van der Waals surface area (Å²) in [5, 5.41) is 0.394. The van der Waals surface area contributed by atoms with Crippen molar-refractivity contribution in [3.05, 3.63) is 34.6 Å². The lowest BCUT2D eigenvalue weighted by atomic mass is 9.95. The molecular weight excluding hydrogens is 215 g/mol. The van der Waals surface area contributed by atoms with Crippen LogP contribution in [0.2, 0.25) is 5.02 Å². The van der Waals surface area contributed by atoms with E-state index in [2.05, 4.69) is 0 Å². The highest BCUT2D eigenvalue weighted by Crippen LogP contribution is 2.22. The maximum absolute atomic E-state index is 13.4. The summed E-state index contributed by atoms with van der Waals surface area (Å²) in [6.45, 7) is 3.61. The third-order valence-corrected chi connectivity index (χ3v) is 2.82. The predicted octanol–water partition coefficient (Wildman–Crippen LogP) is 3.64. The van der Waals surface area contributed by atoms with E-state index in [1.54, 1.807) is 19.1 Å². The van der Waals surface area contributed by atoms with E-state index in [0.717, 1.165) is 0 Å². The van der Waals surface area contributed by atoms with Gasteiger partial charge in [-0.2, -0.15) is 0 Å². The van der Waals surface area contributed by atoms with E-state index >= 15 is 0 Å². The quantitative estimate of drug-likeness (QED) is 0.769. The maximum atomic E-state index is 13.4. The molecule has 0 bridgehead atoms. The lowest BCUT2D eigenvalue weighted by Gasteiger charge is -2.11. The molecule has 0 spiro atoms. The van der Waals surface area contributed by atoms with Crippen molar-refractivity contribution in [1.29, 1.82) is 0 Å². The zero-order chi connectivity index (χ0) is 11.4. The van der Waals surface area contributed by atoms with E-state index in [0.29, 0.717) is 23.4 Å². The second-order valence-electron chi connectivity index (χ2n) is 3.63. The van der Waals surface area contributed by atoms with Crippen LogP contribution in [0.3, 0.4) is 0 Å². The Morgan fingerprint density at radius 3 is 2.73 bits per heavy atom. The first-order valence-electron chi connectivity index (χ1n) is 5.01. The summed E-state index contributed by atoms with van der Waals surface area (Å²) in [4.78, 5) is 11.4. The zero-order valence-corrected chi connectivity index (χ0v) is 9.64. The number of rotatable bonds is 4. The van der Waals surface area contributed by atoms with Crippen molar-refractivity contribution in [3.8, 4) is 0 Å². The largest absolute Gasteiger partial charge is 0.299 e. The monoisotopic (exact) mass is 228 g/mol. The second kappa shape index (κ2) is 5.26. The highest BCUT2D eigenvalue weighted by Gasteiger charge is 2.15. The van der Waals surface area contributed by atoms with E-state index in [-0.39, 0.29) is 17.5 Å². The highest BCUT2D eigenvalue weighted by atomic mass is 35.5. The van der Waals surface area contributed by atoms with Gasteiger partial charge in [0.15, 0.2) is 0 Å². The van der Waals surface area contributed by atoms with Crippen LogP contribution in [0.1, 0.15) is 25.8 Å². The SMILES string of the molecule is CCC(=O)C(C)Cc1c(F)cccc1Cl. The van der Waals surface area contributed by atoms with Crippen LogP contribution in [-0.4, -0.2) is 5.78 Å². The Labute approximate surface area is 94.3 Å². The summed E-state index contributed by atoms with van der Waals surface area (Å²) in [7, 11) is 0. The summed E-state index contributed by atoms with van der Waals surface area (Å²) in [6.07, 6.45) is 0.853. The van der Waals surface area contributed by atoms with E-state index in [1.807, 2.05) is 6.92 Å². The fourth-order valence-corrected chi connectivity index (χ4v) is 1.74. The average Bonchev–Trinajstić information content (AvgIpc) is 2.22. The molecule has 0 aliphatic carbocycles. The lowest BCUT2D eigenvalue weighted by molar-refractivity contribution is -0.122. The molecule has 0 fully saturated rings. The fourth-order valence-electron chi connectivity index (χ4n) is 1.50. The number of benzene rings is 1. The van der Waals surface area contributed by atoms with Gasteiger partial charge in [-0.1, -0.05) is 31.5 Å². The van der Waals surface area contributed by atoms with Gasteiger partial charge < -0.3 is 0 Å². The van der Waals surface area contributed by atoms with Gasteiger partial charge in [-0.25, -0.2) is 4.39 Å². The molecule has 0 heterocycles. The van der Waals surface area contributed by atoms with Crippen molar-refractivity contribution in [2.75, 3.05) is 0 Å². The maximum Gasteiger partial charge on any atom is 0.135 e. The first-order chi connectivity index (χ1) is 7.06. The van der Waals surface area contributed by atoms with Crippen LogP contribution in [0.25, 0.3) is 0 Å². The van der Waals surface area contributed by atoms with Crippen molar-refractivity contribution < 1.29 is 9.18 Å². The first-order valence-corrected chi connectivity index (χ1v) is 5.39. The molecule has 82 valence electrons. The molecule has 0 saturated heterocycles. The summed E-state index contributed by atoms with van der Waals surface area (Å²) >= 11 is 5.87. The van der Waals surface area contributed by atoms with Crippen LogP contribution >= 0.6 is 11.6 Å². The molecule has 15 heavy (non-hydrogen) atoms. The van der Waals surface area contributed by atoms with Gasteiger partial charge >= 0.3 is 0 Å². The minimum absolute atomic E-state index is 0.134. The number of hydrogen-bond donors (Lipinski definition) is 0. The van der Waals surface area contributed by atoms with E-state index in [4.69, 9.17) is 11.6 Å². The Balaban J connectivity index is 2.85. The van der Waals surface area contributed by atoms with Crippen LogP contribution in [0.15, 0.2) is 18.2 Å². The molecule has 0 aliphatic heterocycles. The molecule has 0 radical (unpaired) electrons. The number of carbonyl (C=O) groups is 1. The van der Waals surface area contributed by atoms with Gasteiger partial charge in [0.05, 0.1) is 0 Å². The molecule has 0 aromatic heterocycles. The van der Waals surface area contributed by atoms with Crippen molar-refractivity contribution in [2.45, 2.75) is 26.7 Å². The molecule has 1 unspecified atom stereocenters. The number of carbonyl (C=O) groups excluding carboxylic acids is 1. The molecule has 0 aliphatic rings. The van der Waals surface area contributed by atoms with Gasteiger partial charge in [0, 0.05) is 22.9 Å². The standard InChI is InChI=1S/C12H14ClFO/c1-3-12(15)8(2)7-9-10(13)5-4-6-11(9)14/h4-6,8H,3,7H2,1-2H3. The molecule has 1 nitrogen and oxygen atoms in total. The number of ketones is 1. The van der Waals surface area contributed by atoms with Crippen LogP contribution in [0, 0.1) is 11.7 Å². The zero-order valence-electron chi connectivity index (χ0n) is 8.89. The van der Waals surface area contributed by atoms with Gasteiger partial charge in [-0.3, -0.25) is 4.79 Å². The molecule has 1 aromatic carbocycles. The molecule has 1 rings (SSSR count). The molecule has 3 heteroatoms.